The van der Waals surface area contributed by atoms with Gasteiger partial charge in [-0.3, -0.25) is 4.79 Å². The van der Waals surface area contributed by atoms with Gasteiger partial charge in [-0.05, 0) is 30.0 Å². The van der Waals surface area contributed by atoms with Crippen molar-refractivity contribution in [3.05, 3.63) is 18.2 Å². The Bertz CT molecular complexity index is 734. The second kappa shape index (κ2) is 6.37. The van der Waals surface area contributed by atoms with Gasteiger partial charge in [0.15, 0.2) is 6.61 Å². The molecule has 1 aromatic carbocycles. The minimum Gasteiger partial charge on any atom is -0.482 e. The molecule has 6 nitrogen and oxygen atoms in total. The van der Waals surface area contributed by atoms with E-state index in [2.05, 4.69) is 10.6 Å². The summed E-state index contributed by atoms with van der Waals surface area (Å²) < 4.78 is 44.7. The highest BCUT2D eigenvalue weighted by Crippen LogP contribution is 2.45. The molecule has 9 heteroatoms. The molecule has 2 aliphatic heterocycles. The van der Waals surface area contributed by atoms with Crippen molar-refractivity contribution < 1.29 is 27.5 Å². The Morgan fingerprint density at radius 2 is 2.12 bits per heavy atom. The minimum absolute atomic E-state index is 0.00774. The normalized spacial score (nSPS) is 22.1. The summed E-state index contributed by atoms with van der Waals surface area (Å²) in [6, 6.07) is 4.31. The van der Waals surface area contributed by atoms with Gasteiger partial charge in [-0.15, -0.1) is 0 Å². The third-order valence-corrected chi connectivity index (χ3v) is 4.78. The van der Waals surface area contributed by atoms with Crippen molar-refractivity contribution in [1.29, 1.82) is 0 Å². The number of nitrogens with zero attached hydrogens (tertiary/aromatic N) is 1. The lowest BCUT2D eigenvalue weighted by Crippen LogP contribution is -2.53. The van der Waals surface area contributed by atoms with Crippen LogP contribution in [0.3, 0.4) is 0 Å². The van der Waals surface area contributed by atoms with E-state index in [1.165, 1.54) is 18.7 Å². The fraction of sp³-hybridized carbons (Fsp3) is 0.529. The number of ether oxygens (including phenoxy) is 1. The van der Waals surface area contributed by atoms with Crippen molar-refractivity contribution in [1.82, 2.24) is 4.90 Å². The minimum atomic E-state index is -4.28. The van der Waals surface area contributed by atoms with Gasteiger partial charge in [-0.2, -0.15) is 13.2 Å². The van der Waals surface area contributed by atoms with Gasteiger partial charge >= 0.3 is 12.2 Å². The summed E-state index contributed by atoms with van der Waals surface area (Å²) in [6.07, 6.45) is -4.40. The molecule has 0 bridgehead atoms. The molecule has 2 N–H and O–H groups in total. The fourth-order valence-electron chi connectivity index (χ4n) is 3.50. The van der Waals surface area contributed by atoms with E-state index < -0.39 is 23.5 Å². The van der Waals surface area contributed by atoms with Gasteiger partial charge < -0.3 is 20.3 Å². The molecule has 2 aliphatic rings. The number of fused-ring (bicyclic) bond motifs is 1. The summed E-state index contributed by atoms with van der Waals surface area (Å²) in [5.41, 5.74) is -0.198. The number of carbonyl (C=O) groups is 2. The summed E-state index contributed by atoms with van der Waals surface area (Å²) in [5.74, 6) is -1.23. The summed E-state index contributed by atoms with van der Waals surface area (Å²) in [5, 5.41) is 5.30. The molecule has 0 spiro atoms. The maximum Gasteiger partial charge on any atom is 0.392 e. The zero-order chi connectivity index (χ0) is 19.1. The van der Waals surface area contributed by atoms with Crippen LogP contribution < -0.4 is 15.4 Å². The molecule has 1 aromatic rings. The van der Waals surface area contributed by atoms with Crippen molar-refractivity contribution >= 4 is 23.3 Å². The molecule has 1 saturated heterocycles. The molecule has 1 atom stereocenters. The van der Waals surface area contributed by atoms with Gasteiger partial charge in [0.25, 0.3) is 5.91 Å². The van der Waals surface area contributed by atoms with Gasteiger partial charge in [0.1, 0.15) is 5.75 Å². The van der Waals surface area contributed by atoms with Gasteiger partial charge in [-0.25, -0.2) is 4.79 Å². The zero-order valence-electron chi connectivity index (χ0n) is 14.4. The number of alkyl halides is 3. The number of hydrogen-bond acceptors (Lipinski definition) is 3. The fourth-order valence-corrected chi connectivity index (χ4v) is 3.50. The van der Waals surface area contributed by atoms with Crippen LogP contribution in [0.2, 0.25) is 0 Å². The number of piperidine rings is 1. The quantitative estimate of drug-likeness (QED) is 0.794. The summed E-state index contributed by atoms with van der Waals surface area (Å²) >= 11 is 0. The number of nitrogens with one attached hydrogen (secondary N) is 2. The highest BCUT2D eigenvalue weighted by molar-refractivity contribution is 5.97. The smallest absolute Gasteiger partial charge is 0.392 e. The van der Waals surface area contributed by atoms with Gasteiger partial charge in [0, 0.05) is 18.8 Å². The van der Waals surface area contributed by atoms with Crippen LogP contribution in [0.25, 0.3) is 0 Å². The van der Waals surface area contributed by atoms with Gasteiger partial charge in [-0.1, -0.05) is 13.8 Å². The molecule has 0 saturated carbocycles. The molecule has 26 heavy (non-hydrogen) atoms. The predicted molar refractivity (Wildman–Crippen MR) is 89.1 cm³/mol. The lowest BCUT2D eigenvalue weighted by atomic mass is 9.73. The van der Waals surface area contributed by atoms with Crippen LogP contribution >= 0.6 is 0 Å². The van der Waals surface area contributed by atoms with E-state index in [0.717, 1.165) is 0 Å². The molecule has 3 amide bonds. The van der Waals surface area contributed by atoms with Gasteiger partial charge in [0.2, 0.25) is 0 Å². The highest BCUT2D eigenvalue weighted by atomic mass is 19.4. The topological polar surface area (TPSA) is 70.7 Å². The maximum atomic E-state index is 13.1. The molecule has 3 rings (SSSR count). The lowest BCUT2D eigenvalue weighted by Gasteiger charge is -2.44. The SMILES string of the molecule is CC1(C)CN(C(=O)Nc2ccc3c(c2)NC(=O)CO3)CCC1C(F)(F)F. The van der Waals surface area contributed by atoms with Gasteiger partial charge in [0.05, 0.1) is 11.6 Å². The Balaban J connectivity index is 1.68. The molecule has 1 unspecified atom stereocenters. The van der Waals surface area contributed by atoms with E-state index in [9.17, 15) is 22.8 Å². The summed E-state index contributed by atoms with van der Waals surface area (Å²) in [7, 11) is 0. The largest absolute Gasteiger partial charge is 0.482 e. The number of anilines is 2. The first-order valence-corrected chi connectivity index (χ1v) is 8.25. The van der Waals surface area contributed by atoms with Crippen LogP contribution in [0.4, 0.5) is 29.3 Å². The molecule has 1 fully saturated rings. The van der Waals surface area contributed by atoms with Crippen molar-refractivity contribution in [2.75, 3.05) is 30.3 Å². The Kier molecular flexibility index (Phi) is 4.49. The van der Waals surface area contributed by atoms with E-state index in [4.69, 9.17) is 4.74 Å². The Morgan fingerprint density at radius 1 is 1.38 bits per heavy atom. The van der Waals surface area contributed by atoms with Crippen molar-refractivity contribution in [2.45, 2.75) is 26.4 Å². The molecule has 0 radical (unpaired) electrons. The van der Waals surface area contributed by atoms with Crippen molar-refractivity contribution in [3.63, 3.8) is 0 Å². The molecule has 142 valence electrons. The third kappa shape index (κ3) is 3.71. The summed E-state index contributed by atoms with van der Waals surface area (Å²) in [6.45, 7) is 3.02. The van der Waals surface area contributed by atoms with Crippen LogP contribution in [0.5, 0.6) is 5.75 Å². The molecule has 2 heterocycles. The van der Waals surface area contributed by atoms with Crippen LogP contribution in [0, 0.1) is 11.3 Å². The first-order chi connectivity index (χ1) is 12.1. The van der Waals surface area contributed by atoms with E-state index in [1.54, 1.807) is 18.2 Å². The molecular weight excluding hydrogens is 351 g/mol. The van der Waals surface area contributed by atoms with E-state index in [1.807, 2.05) is 0 Å². The lowest BCUT2D eigenvalue weighted by molar-refractivity contribution is -0.214. The number of carbonyl (C=O) groups excluding carboxylic acids is 2. The molecular formula is C17H20F3N3O3. The number of amides is 3. The van der Waals surface area contributed by atoms with Crippen molar-refractivity contribution in [3.8, 4) is 5.75 Å². The maximum absolute atomic E-state index is 13.1. The molecule has 0 aliphatic carbocycles. The van der Waals surface area contributed by atoms with E-state index in [0.29, 0.717) is 17.1 Å². The van der Waals surface area contributed by atoms with Crippen molar-refractivity contribution in [2.24, 2.45) is 11.3 Å². The Morgan fingerprint density at radius 3 is 2.77 bits per heavy atom. The predicted octanol–water partition coefficient (Wildman–Crippen LogP) is 3.46. The number of benzene rings is 1. The number of halogens is 3. The van der Waals surface area contributed by atoms with Crippen LogP contribution in [-0.4, -0.2) is 42.7 Å². The number of likely N-dealkylation sites (tertiary alicyclic amines) is 1. The van der Waals surface area contributed by atoms with E-state index in [-0.39, 0.29) is 32.0 Å². The average Bonchev–Trinajstić information content (AvgIpc) is 2.52. The van der Waals surface area contributed by atoms with Crippen LogP contribution in [0.15, 0.2) is 18.2 Å². The third-order valence-electron chi connectivity index (χ3n) is 4.78. The Labute approximate surface area is 148 Å². The van der Waals surface area contributed by atoms with Crippen LogP contribution in [-0.2, 0) is 4.79 Å². The number of urea groups is 1. The zero-order valence-corrected chi connectivity index (χ0v) is 14.4. The number of hydrogen-bond donors (Lipinski definition) is 2. The number of rotatable bonds is 1. The summed E-state index contributed by atoms with van der Waals surface area (Å²) in [4.78, 5) is 25.2. The second-order valence-electron chi connectivity index (χ2n) is 7.27. The van der Waals surface area contributed by atoms with Crippen LogP contribution in [0.1, 0.15) is 20.3 Å². The Hall–Kier alpha value is -2.45. The highest BCUT2D eigenvalue weighted by Gasteiger charge is 2.51. The average molecular weight is 371 g/mol. The molecule has 0 aromatic heterocycles. The monoisotopic (exact) mass is 371 g/mol. The standard InChI is InChI=1S/C17H20F3N3O3/c1-16(2)9-23(6-5-13(16)17(18,19)20)15(25)21-10-3-4-12-11(7-10)22-14(24)8-26-12/h3-4,7,13H,5-6,8-9H2,1-2H3,(H,21,25)(H,22,24). The van der Waals surface area contributed by atoms with E-state index >= 15 is 0 Å². The second-order valence-corrected chi connectivity index (χ2v) is 7.27. The first kappa shape index (κ1) is 18.3. The first-order valence-electron chi connectivity index (χ1n) is 8.25.